The number of hydrogen-bond acceptors (Lipinski definition) is 4. The van der Waals surface area contributed by atoms with Crippen molar-refractivity contribution < 1.29 is 4.79 Å². The van der Waals surface area contributed by atoms with E-state index >= 15 is 0 Å². The number of nitrogens with two attached hydrogens (primary N) is 1. The second-order valence-corrected chi connectivity index (χ2v) is 5.20. The number of nitrogens with one attached hydrogen (secondary N) is 1. The molecule has 5 heteroatoms. The Labute approximate surface area is 124 Å². The highest BCUT2D eigenvalue weighted by Crippen LogP contribution is 2.22. The van der Waals surface area contributed by atoms with Gasteiger partial charge in [-0.05, 0) is 36.8 Å². The quantitative estimate of drug-likeness (QED) is 0.903. The number of benzene rings is 1. The van der Waals surface area contributed by atoms with Crippen LogP contribution in [0.3, 0.4) is 0 Å². The fraction of sp³-hybridized carbons (Fsp3) is 0.250. The van der Waals surface area contributed by atoms with Crippen molar-refractivity contribution in [1.29, 1.82) is 0 Å². The number of anilines is 3. The molecule has 1 heterocycles. The Kier molecular flexibility index (Phi) is 4.42. The molecular weight excluding hydrogens is 264 g/mol. The minimum Gasteiger partial charge on any atom is -0.397 e. The van der Waals surface area contributed by atoms with E-state index in [1.807, 2.05) is 44.1 Å². The molecule has 2 aromatic rings. The van der Waals surface area contributed by atoms with E-state index in [0.29, 0.717) is 11.4 Å². The lowest BCUT2D eigenvalue weighted by Gasteiger charge is -2.17. The number of nitrogen functional groups attached to an aromatic ring is 1. The fourth-order valence-electron chi connectivity index (χ4n) is 2.08. The van der Waals surface area contributed by atoms with E-state index in [1.54, 1.807) is 18.3 Å². The summed E-state index contributed by atoms with van der Waals surface area (Å²) in [4.78, 5) is 18.2. The zero-order valence-electron chi connectivity index (χ0n) is 12.6. The van der Waals surface area contributed by atoms with Crippen LogP contribution < -0.4 is 16.0 Å². The van der Waals surface area contributed by atoms with Gasteiger partial charge in [0.1, 0.15) is 0 Å². The summed E-state index contributed by atoms with van der Waals surface area (Å²) in [6.07, 6.45) is 1.78. The molecule has 0 aliphatic carbocycles. The first-order valence-electron chi connectivity index (χ1n) is 6.74. The third kappa shape index (κ3) is 3.95. The van der Waals surface area contributed by atoms with Crippen molar-refractivity contribution in [3.63, 3.8) is 0 Å². The van der Waals surface area contributed by atoms with Crippen molar-refractivity contribution in [2.75, 3.05) is 30.0 Å². The van der Waals surface area contributed by atoms with Gasteiger partial charge < -0.3 is 16.0 Å². The largest absolute Gasteiger partial charge is 0.397 e. The van der Waals surface area contributed by atoms with Gasteiger partial charge in [-0.2, -0.15) is 0 Å². The Balaban J connectivity index is 2.06. The average Bonchev–Trinajstić information content (AvgIpc) is 2.43. The molecule has 3 N–H and O–H groups in total. The lowest BCUT2D eigenvalue weighted by molar-refractivity contribution is -0.115. The van der Waals surface area contributed by atoms with Crippen LogP contribution in [0.2, 0.25) is 0 Å². The summed E-state index contributed by atoms with van der Waals surface area (Å²) in [5.41, 5.74) is 9.89. The number of rotatable bonds is 4. The molecule has 5 nitrogen and oxygen atoms in total. The van der Waals surface area contributed by atoms with Crippen LogP contribution in [0.1, 0.15) is 11.3 Å². The molecule has 0 aliphatic rings. The molecule has 0 saturated carbocycles. The topological polar surface area (TPSA) is 71.2 Å². The van der Waals surface area contributed by atoms with Gasteiger partial charge in [0.25, 0.3) is 0 Å². The van der Waals surface area contributed by atoms with Crippen LogP contribution in [-0.4, -0.2) is 25.0 Å². The maximum absolute atomic E-state index is 12.0. The molecule has 0 spiro atoms. The third-order valence-electron chi connectivity index (χ3n) is 3.16. The predicted molar refractivity (Wildman–Crippen MR) is 86.5 cm³/mol. The Hall–Kier alpha value is -2.56. The molecule has 0 saturated heterocycles. The smallest absolute Gasteiger partial charge is 0.230 e. The monoisotopic (exact) mass is 284 g/mol. The van der Waals surface area contributed by atoms with Crippen molar-refractivity contribution in [2.24, 2.45) is 0 Å². The number of pyridine rings is 1. The van der Waals surface area contributed by atoms with Crippen LogP contribution >= 0.6 is 0 Å². The van der Waals surface area contributed by atoms with Crippen LogP contribution in [0, 0.1) is 6.92 Å². The van der Waals surface area contributed by atoms with Crippen molar-refractivity contribution in [3.05, 3.63) is 47.8 Å². The summed E-state index contributed by atoms with van der Waals surface area (Å²) in [6.45, 7) is 2.04. The SMILES string of the molecule is Cc1ccc(NC(=O)Cc2ccc(N)cn2)cc1N(C)C. The van der Waals surface area contributed by atoms with Gasteiger partial charge in [0.15, 0.2) is 0 Å². The zero-order chi connectivity index (χ0) is 15.4. The molecule has 1 aromatic heterocycles. The Bertz CT molecular complexity index is 635. The molecule has 21 heavy (non-hydrogen) atoms. The highest BCUT2D eigenvalue weighted by molar-refractivity contribution is 5.92. The van der Waals surface area contributed by atoms with Crippen LogP contribution in [0.4, 0.5) is 17.1 Å². The van der Waals surface area contributed by atoms with Gasteiger partial charge in [0.2, 0.25) is 5.91 Å². The second kappa shape index (κ2) is 6.26. The Morgan fingerprint density at radius 2 is 2.05 bits per heavy atom. The van der Waals surface area contributed by atoms with E-state index < -0.39 is 0 Å². The highest BCUT2D eigenvalue weighted by atomic mass is 16.1. The van der Waals surface area contributed by atoms with Gasteiger partial charge >= 0.3 is 0 Å². The molecule has 0 atom stereocenters. The van der Waals surface area contributed by atoms with Crippen LogP contribution in [-0.2, 0) is 11.2 Å². The number of amides is 1. The number of aromatic nitrogens is 1. The molecule has 0 aliphatic heterocycles. The minimum atomic E-state index is -0.0965. The molecule has 0 radical (unpaired) electrons. The van der Waals surface area contributed by atoms with Crippen molar-refractivity contribution in [3.8, 4) is 0 Å². The molecule has 0 unspecified atom stereocenters. The first-order valence-corrected chi connectivity index (χ1v) is 6.74. The van der Waals surface area contributed by atoms with E-state index in [0.717, 1.165) is 11.4 Å². The minimum absolute atomic E-state index is 0.0965. The normalized spacial score (nSPS) is 10.2. The maximum atomic E-state index is 12.0. The Morgan fingerprint density at radius 1 is 1.29 bits per heavy atom. The molecule has 1 aromatic carbocycles. The van der Waals surface area contributed by atoms with Crippen LogP contribution in [0.25, 0.3) is 0 Å². The second-order valence-electron chi connectivity index (χ2n) is 5.20. The van der Waals surface area contributed by atoms with E-state index in [4.69, 9.17) is 5.73 Å². The average molecular weight is 284 g/mol. The molecule has 110 valence electrons. The first-order chi connectivity index (χ1) is 9.95. The summed E-state index contributed by atoms with van der Waals surface area (Å²) in [5, 5.41) is 2.89. The number of carbonyl (C=O) groups is 1. The van der Waals surface area contributed by atoms with Crippen molar-refractivity contribution in [2.45, 2.75) is 13.3 Å². The molecule has 0 fully saturated rings. The fourth-order valence-corrected chi connectivity index (χ4v) is 2.08. The summed E-state index contributed by atoms with van der Waals surface area (Å²) in [7, 11) is 3.96. The van der Waals surface area contributed by atoms with Gasteiger partial charge in [0.05, 0.1) is 18.3 Å². The molecule has 2 rings (SSSR count). The van der Waals surface area contributed by atoms with Gasteiger partial charge in [-0.15, -0.1) is 0 Å². The van der Waals surface area contributed by atoms with Crippen LogP contribution in [0.5, 0.6) is 0 Å². The van der Waals surface area contributed by atoms with E-state index in [2.05, 4.69) is 10.3 Å². The van der Waals surface area contributed by atoms with E-state index in [9.17, 15) is 4.79 Å². The number of nitrogens with zero attached hydrogens (tertiary/aromatic N) is 2. The highest BCUT2D eigenvalue weighted by Gasteiger charge is 2.07. The third-order valence-corrected chi connectivity index (χ3v) is 3.16. The lowest BCUT2D eigenvalue weighted by Crippen LogP contribution is -2.16. The van der Waals surface area contributed by atoms with Gasteiger partial charge in [0, 0.05) is 31.2 Å². The molecular formula is C16H20N4O. The predicted octanol–water partition coefficient (Wildman–Crippen LogP) is 2.22. The standard InChI is InChI=1S/C16H20N4O/c1-11-4-6-14(8-15(11)20(2)3)19-16(21)9-13-7-5-12(17)10-18-13/h4-8,10H,9,17H2,1-3H3,(H,19,21). The van der Waals surface area contributed by atoms with E-state index in [1.165, 1.54) is 5.56 Å². The first kappa shape index (κ1) is 14.8. The number of aryl methyl sites for hydroxylation is 1. The van der Waals surface area contributed by atoms with Crippen LogP contribution in [0.15, 0.2) is 36.5 Å². The maximum Gasteiger partial charge on any atom is 0.230 e. The van der Waals surface area contributed by atoms with Gasteiger partial charge in [-0.25, -0.2) is 0 Å². The van der Waals surface area contributed by atoms with Gasteiger partial charge in [-0.3, -0.25) is 9.78 Å². The Morgan fingerprint density at radius 3 is 2.67 bits per heavy atom. The lowest BCUT2D eigenvalue weighted by atomic mass is 10.1. The summed E-state index contributed by atoms with van der Waals surface area (Å²) < 4.78 is 0. The zero-order valence-corrected chi connectivity index (χ0v) is 12.6. The van der Waals surface area contributed by atoms with Crippen molar-refractivity contribution in [1.82, 2.24) is 4.98 Å². The number of hydrogen-bond donors (Lipinski definition) is 2. The van der Waals surface area contributed by atoms with Gasteiger partial charge in [-0.1, -0.05) is 6.07 Å². The molecule has 0 bridgehead atoms. The summed E-state index contributed by atoms with van der Waals surface area (Å²) in [6, 6.07) is 9.35. The molecule has 1 amide bonds. The number of carbonyl (C=O) groups excluding carboxylic acids is 1. The van der Waals surface area contributed by atoms with E-state index in [-0.39, 0.29) is 12.3 Å². The summed E-state index contributed by atoms with van der Waals surface area (Å²) in [5.74, 6) is -0.0965. The van der Waals surface area contributed by atoms with Crippen molar-refractivity contribution >= 4 is 23.0 Å². The summed E-state index contributed by atoms with van der Waals surface area (Å²) >= 11 is 0.